The second kappa shape index (κ2) is 6.22. The molecule has 1 N–H and O–H groups in total. The fourth-order valence-electron chi connectivity index (χ4n) is 1.05. The summed E-state index contributed by atoms with van der Waals surface area (Å²) in [7, 11) is 0. The first-order valence-corrected chi connectivity index (χ1v) is 5.96. The number of hydrogen-bond donors (Lipinski definition) is 1. The molecule has 0 spiro atoms. The van der Waals surface area contributed by atoms with E-state index in [1.54, 1.807) is 0 Å². The van der Waals surface area contributed by atoms with Crippen LogP contribution in [0.5, 0.6) is 0 Å². The Morgan fingerprint density at radius 3 is 2.73 bits per heavy atom. The van der Waals surface area contributed by atoms with Crippen molar-refractivity contribution in [2.24, 2.45) is 0 Å². The second-order valence-corrected chi connectivity index (χ2v) is 4.52. The van der Waals surface area contributed by atoms with Gasteiger partial charge in [0, 0.05) is 17.4 Å². The number of nitrogens with one attached hydrogen (secondary N) is 1. The molecule has 0 radical (unpaired) electrons. The fourth-order valence-corrected chi connectivity index (χ4v) is 1.89. The Kier molecular flexibility index (Phi) is 5.24. The van der Waals surface area contributed by atoms with Crippen LogP contribution in [0.1, 0.15) is 12.8 Å². The maximum absolute atomic E-state index is 8.37. The monoisotopic (exact) mass is 306 g/mol. The molecular formula is C10H9BrCl2N2. The highest BCUT2D eigenvalue weighted by molar-refractivity contribution is 9.10. The highest BCUT2D eigenvalue weighted by Crippen LogP contribution is 2.35. The van der Waals surface area contributed by atoms with Crippen molar-refractivity contribution < 1.29 is 0 Å². The van der Waals surface area contributed by atoms with Crippen LogP contribution in [0.2, 0.25) is 10.0 Å². The van der Waals surface area contributed by atoms with Gasteiger partial charge in [-0.3, -0.25) is 0 Å². The van der Waals surface area contributed by atoms with Gasteiger partial charge in [-0.15, -0.1) is 0 Å². The maximum atomic E-state index is 8.37. The summed E-state index contributed by atoms with van der Waals surface area (Å²) in [5.74, 6) is 0. The van der Waals surface area contributed by atoms with Crippen molar-refractivity contribution in [2.75, 3.05) is 11.9 Å². The van der Waals surface area contributed by atoms with Gasteiger partial charge in [0.05, 0.1) is 21.8 Å². The minimum Gasteiger partial charge on any atom is -0.384 e. The van der Waals surface area contributed by atoms with Crippen LogP contribution in [0.3, 0.4) is 0 Å². The molecule has 0 aliphatic heterocycles. The molecule has 0 aliphatic rings. The lowest BCUT2D eigenvalue weighted by atomic mass is 10.3. The smallest absolute Gasteiger partial charge is 0.0835 e. The van der Waals surface area contributed by atoms with Crippen LogP contribution in [0.15, 0.2) is 16.6 Å². The van der Waals surface area contributed by atoms with Gasteiger partial charge in [-0.05, 0) is 34.5 Å². The molecule has 80 valence electrons. The van der Waals surface area contributed by atoms with E-state index in [9.17, 15) is 0 Å². The average Bonchev–Trinajstić information content (AvgIpc) is 2.24. The van der Waals surface area contributed by atoms with Crippen molar-refractivity contribution in [1.82, 2.24) is 0 Å². The lowest BCUT2D eigenvalue weighted by Crippen LogP contribution is -2.01. The van der Waals surface area contributed by atoms with Gasteiger partial charge in [-0.25, -0.2) is 0 Å². The van der Waals surface area contributed by atoms with E-state index in [0.717, 1.165) is 16.6 Å². The molecule has 1 rings (SSSR count). The Labute approximate surface area is 107 Å². The lowest BCUT2D eigenvalue weighted by molar-refractivity contribution is 0.897. The minimum atomic E-state index is 0.502. The molecule has 0 unspecified atom stereocenters. The van der Waals surface area contributed by atoms with E-state index in [1.165, 1.54) is 0 Å². The van der Waals surface area contributed by atoms with E-state index >= 15 is 0 Å². The Morgan fingerprint density at radius 1 is 1.33 bits per heavy atom. The van der Waals surface area contributed by atoms with Crippen LogP contribution in [-0.2, 0) is 0 Å². The van der Waals surface area contributed by atoms with E-state index in [-0.39, 0.29) is 0 Å². The van der Waals surface area contributed by atoms with Gasteiger partial charge in [0.1, 0.15) is 0 Å². The van der Waals surface area contributed by atoms with E-state index in [4.69, 9.17) is 28.5 Å². The summed E-state index contributed by atoms with van der Waals surface area (Å²) in [4.78, 5) is 0. The largest absolute Gasteiger partial charge is 0.384 e. The number of nitrogens with zero attached hydrogens (tertiary/aromatic N) is 1. The van der Waals surface area contributed by atoms with Crippen molar-refractivity contribution in [3.63, 3.8) is 0 Å². The summed E-state index contributed by atoms with van der Waals surface area (Å²) in [6.45, 7) is 0.714. The molecule has 5 heteroatoms. The van der Waals surface area contributed by atoms with Gasteiger partial charge in [-0.2, -0.15) is 5.26 Å². The quantitative estimate of drug-likeness (QED) is 0.658. The normalized spacial score (nSPS) is 9.73. The highest BCUT2D eigenvalue weighted by Gasteiger charge is 2.07. The van der Waals surface area contributed by atoms with Gasteiger partial charge in [0.2, 0.25) is 0 Å². The molecular weight excluding hydrogens is 299 g/mol. The van der Waals surface area contributed by atoms with Gasteiger partial charge in [-0.1, -0.05) is 23.2 Å². The number of benzene rings is 1. The average molecular weight is 308 g/mol. The Bertz CT molecular complexity index is 388. The van der Waals surface area contributed by atoms with E-state index in [1.807, 2.05) is 12.1 Å². The molecule has 0 saturated carbocycles. The van der Waals surface area contributed by atoms with Gasteiger partial charge in [0.25, 0.3) is 0 Å². The molecule has 15 heavy (non-hydrogen) atoms. The zero-order valence-corrected chi connectivity index (χ0v) is 11.0. The van der Waals surface area contributed by atoms with Gasteiger partial charge >= 0.3 is 0 Å². The SMILES string of the molecule is N#CCCCNc1ccc(Br)c(Cl)c1Cl. The van der Waals surface area contributed by atoms with E-state index in [0.29, 0.717) is 23.0 Å². The van der Waals surface area contributed by atoms with Crippen molar-refractivity contribution in [1.29, 1.82) is 5.26 Å². The molecule has 0 heterocycles. The summed E-state index contributed by atoms with van der Waals surface area (Å²) in [5.41, 5.74) is 0.794. The van der Waals surface area contributed by atoms with Gasteiger partial charge < -0.3 is 5.32 Å². The third-order valence-corrected chi connectivity index (χ3v) is 3.59. The van der Waals surface area contributed by atoms with Crippen LogP contribution >= 0.6 is 39.1 Å². The predicted molar refractivity (Wildman–Crippen MR) is 67.5 cm³/mol. The van der Waals surface area contributed by atoms with Crippen LogP contribution in [0.4, 0.5) is 5.69 Å². The number of halogens is 3. The third kappa shape index (κ3) is 3.57. The molecule has 0 amide bonds. The topological polar surface area (TPSA) is 35.8 Å². The molecule has 0 aliphatic carbocycles. The summed E-state index contributed by atoms with van der Waals surface area (Å²) >= 11 is 15.3. The zero-order chi connectivity index (χ0) is 11.3. The summed E-state index contributed by atoms with van der Waals surface area (Å²) < 4.78 is 0.775. The standard InChI is InChI=1S/C10H9BrCl2N2/c11-7-3-4-8(10(13)9(7)12)15-6-2-1-5-14/h3-4,15H,1-2,6H2. The summed E-state index contributed by atoms with van der Waals surface area (Å²) in [6.07, 6.45) is 1.33. The van der Waals surface area contributed by atoms with Gasteiger partial charge in [0.15, 0.2) is 0 Å². The third-order valence-electron chi connectivity index (χ3n) is 1.82. The Morgan fingerprint density at radius 2 is 2.07 bits per heavy atom. The molecule has 1 aromatic carbocycles. The van der Waals surface area contributed by atoms with Crippen LogP contribution in [0, 0.1) is 11.3 Å². The zero-order valence-electron chi connectivity index (χ0n) is 7.86. The van der Waals surface area contributed by atoms with Crippen molar-refractivity contribution in [2.45, 2.75) is 12.8 Å². The van der Waals surface area contributed by atoms with Crippen molar-refractivity contribution >= 4 is 44.8 Å². The lowest BCUT2D eigenvalue weighted by Gasteiger charge is -2.09. The number of anilines is 1. The summed E-state index contributed by atoms with van der Waals surface area (Å²) in [5, 5.41) is 12.5. The molecule has 0 aromatic heterocycles. The van der Waals surface area contributed by atoms with Crippen LogP contribution < -0.4 is 5.32 Å². The van der Waals surface area contributed by atoms with E-state index in [2.05, 4.69) is 27.3 Å². The number of nitriles is 1. The Balaban J connectivity index is 2.63. The molecule has 2 nitrogen and oxygen atoms in total. The first-order chi connectivity index (χ1) is 7.16. The number of hydrogen-bond acceptors (Lipinski definition) is 2. The Hall–Kier alpha value is -0.430. The first-order valence-electron chi connectivity index (χ1n) is 4.41. The maximum Gasteiger partial charge on any atom is 0.0835 e. The molecule has 0 saturated heterocycles. The minimum absolute atomic E-state index is 0.502. The molecule has 1 aromatic rings. The van der Waals surface area contributed by atoms with Crippen LogP contribution in [0.25, 0.3) is 0 Å². The summed E-state index contributed by atoms with van der Waals surface area (Å²) in [6, 6.07) is 5.77. The highest BCUT2D eigenvalue weighted by atomic mass is 79.9. The van der Waals surface area contributed by atoms with Crippen molar-refractivity contribution in [3.8, 4) is 6.07 Å². The molecule has 0 atom stereocenters. The first kappa shape index (κ1) is 12.6. The predicted octanol–water partition coefficient (Wildman–Crippen LogP) is 4.47. The molecule has 0 fully saturated rings. The molecule has 0 bridgehead atoms. The van der Waals surface area contributed by atoms with Crippen molar-refractivity contribution in [3.05, 3.63) is 26.7 Å². The fraction of sp³-hybridized carbons (Fsp3) is 0.300. The second-order valence-electron chi connectivity index (χ2n) is 2.91. The number of unbranched alkanes of at least 4 members (excludes halogenated alkanes) is 1. The van der Waals surface area contributed by atoms with E-state index < -0.39 is 0 Å². The van der Waals surface area contributed by atoms with Crippen LogP contribution in [-0.4, -0.2) is 6.54 Å². The number of rotatable bonds is 4.